The molecule has 0 aliphatic carbocycles. The van der Waals surface area contributed by atoms with Crippen LogP contribution in [0.1, 0.15) is 5.56 Å². The normalized spacial score (nSPS) is 10.2. The highest BCUT2D eigenvalue weighted by Gasteiger charge is 2.05. The van der Waals surface area contributed by atoms with Gasteiger partial charge in [0.15, 0.2) is 11.5 Å². The second-order valence-electron chi connectivity index (χ2n) is 4.17. The van der Waals surface area contributed by atoms with E-state index in [1.165, 1.54) is 0 Å². The largest absolute Gasteiger partial charge is 0.493 e. The van der Waals surface area contributed by atoms with Crippen molar-refractivity contribution in [2.45, 2.75) is 6.54 Å². The summed E-state index contributed by atoms with van der Waals surface area (Å²) in [6.45, 7) is 0.689. The van der Waals surface area contributed by atoms with Crippen LogP contribution in [0, 0.1) is 0 Å². The van der Waals surface area contributed by atoms with E-state index < -0.39 is 0 Å². The van der Waals surface area contributed by atoms with Crippen molar-refractivity contribution in [3.05, 3.63) is 51.5 Å². The molecule has 0 atom stereocenters. The minimum Gasteiger partial charge on any atom is -0.493 e. The average molecular weight is 357 g/mol. The maximum absolute atomic E-state index is 5.97. The van der Waals surface area contributed by atoms with E-state index in [0.29, 0.717) is 11.6 Å². The van der Waals surface area contributed by atoms with Gasteiger partial charge in [0, 0.05) is 16.7 Å². The highest BCUT2D eigenvalue weighted by molar-refractivity contribution is 9.10. The molecule has 0 aromatic heterocycles. The molecule has 2 aromatic rings. The second-order valence-corrected chi connectivity index (χ2v) is 5.43. The Balaban J connectivity index is 2.08. The first kappa shape index (κ1) is 15.0. The van der Waals surface area contributed by atoms with Crippen molar-refractivity contribution in [1.29, 1.82) is 0 Å². The molecule has 0 fully saturated rings. The van der Waals surface area contributed by atoms with Crippen molar-refractivity contribution >= 4 is 33.2 Å². The van der Waals surface area contributed by atoms with Gasteiger partial charge in [0.25, 0.3) is 0 Å². The molecule has 0 bridgehead atoms. The van der Waals surface area contributed by atoms with E-state index in [0.717, 1.165) is 27.2 Å². The van der Waals surface area contributed by atoms with Gasteiger partial charge in [0.1, 0.15) is 0 Å². The number of rotatable bonds is 5. The summed E-state index contributed by atoms with van der Waals surface area (Å²) in [5.74, 6) is 1.45. The summed E-state index contributed by atoms with van der Waals surface area (Å²) < 4.78 is 11.4. The van der Waals surface area contributed by atoms with Gasteiger partial charge in [-0.15, -0.1) is 0 Å². The number of methoxy groups -OCH3 is 2. The molecule has 5 heteroatoms. The summed E-state index contributed by atoms with van der Waals surface area (Å²) in [4.78, 5) is 0. The standard InChI is InChI=1S/C15H15BrClNO2/c1-19-14-6-3-10(7-15(14)20-2)9-18-11-4-5-13(17)12(16)8-11/h3-8,18H,9H2,1-2H3. The van der Waals surface area contributed by atoms with Crippen LogP contribution in [-0.2, 0) is 6.54 Å². The van der Waals surface area contributed by atoms with Crippen LogP contribution in [0.4, 0.5) is 5.69 Å². The third kappa shape index (κ3) is 3.58. The fraction of sp³-hybridized carbons (Fsp3) is 0.200. The van der Waals surface area contributed by atoms with E-state index in [-0.39, 0.29) is 0 Å². The summed E-state index contributed by atoms with van der Waals surface area (Å²) in [5.41, 5.74) is 2.10. The molecule has 0 heterocycles. The summed E-state index contributed by atoms with van der Waals surface area (Å²) in [7, 11) is 3.26. The first-order chi connectivity index (χ1) is 9.63. The van der Waals surface area contributed by atoms with Crippen LogP contribution in [0.15, 0.2) is 40.9 Å². The molecule has 2 aromatic carbocycles. The molecule has 0 saturated carbocycles. The van der Waals surface area contributed by atoms with Gasteiger partial charge in [-0.25, -0.2) is 0 Å². The van der Waals surface area contributed by atoms with E-state index in [9.17, 15) is 0 Å². The number of halogens is 2. The van der Waals surface area contributed by atoms with Crippen LogP contribution < -0.4 is 14.8 Å². The van der Waals surface area contributed by atoms with Crippen LogP contribution in [0.25, 0.3) is 0 Å². The molecule has 0 aliphatic heterocycles. The highest BCUT2D eigenvalue weighted by Crippen LogP contribution is 2.29. The van der Waals surface area contributed by atoms with Crippen molar-refractivity contribution in [3.8, 4) is 11.5 Å². The zero-order chi connectivity index (χ0) is 14.5. The number of ether oxygens (including phenoxy) is 2. The molecule has 0 unspecified atom stereocenters. The first-order valence-corrected chi connectivity index (χ1v) is 7.21. The number of nitrogens with one attached hydrogen (secondary N) is 1. The van der Waals surface area contributed by atoms with Gasteiger partial charge in [0.2, 0.25) is 0 Å². The van der Waals surface area contributed by atoms with Gasteiger partial charge in [-0.1, -0.05) is 17.7 Å². The summed E-state index contributed by atoms with van der Waals surface area (Å²) >= 11 is 9.37. The predicted molar refractivity (Wildman–Crippen MR) is 86.0 cm³/mol. The van der Waals surface area contributed by atoms with Crippen molar-refractivity contribution in [1.82, 2.24) is 0 Å². The molecule has 0 amide bonds. The molecule has 2 rings (SSSR count). The third-order valence-corrected chi connectivity index (χ3v) is 4.08. The van der Waals surface area contributed by atoms with Crippen LogP contribution in [0.2, 0.25) is 5.02 Å². The van der Waals surface area contributed by atoms with Gasteiger partial charge in [-0.05, 0) is 51.8 Å². The predicted octanol–water partition coefficient (Wildman–Crippen LogP) is 4.73. The van der Waals surface area contributed by atoms with Gasteiger partial charge in [0.05, 0.1) is 19.2 Å². The SMILES string of the molecule is COc1ccc(CNc2ccc(Cl)c(Br)c2)cc1OC. The zero-order valence-electron chi connectivity index (χ0n) is 11.2. The number of benzene rings is 2. The van der Waals surface area contributed by atoms with Crippen molar-refractivity contribution in [2.24, 2.45) is 0 Å². The zero-order valence-corrected chi connectivity index (χ0v) is 13.6. The van der Waals surface area contributed by atoms with E-state index in [1.54, 1.807) is 14.2 Å². The number of hydrogen-bond donors (Lipinski definition) is 1. The van der Waals surface area contributed by atoms with E-state index in [2.05, 4.69) is 21.2 Å². The second kappa shape index (κ2) is 6.86. The minimum atomic E-state index is 0.689. The van der Waals surface area contributed by atoms with Gasteiger partial charge in [-0.2, -0.15) is 0 Å². The van der Waals surface area contributed by atoms with Gasteiger partial charge >= 0.3 is 0 Å². The Hall–Kier alpha value is -1.39. The lowest BCUT2D eigenvalue weighted by atomic mass is 10.2. The summed E-state index contributed by atoms with van der Waals surface area (Å²) in [6, 6.07) is 11.6. The maximum Gasteiger partial charge on any atom is 0.161 e. The van der Waals surface area contributed by atoms with E-state index in [1.807, 2.05) is 36.4 Å². The Morgan fingerprint density at radius 1 is 1.05 bits per heavy atom. The molecule has 0 spiro atoms. The molecule has 0 aliphatic rings. The molecule has 0 saturated heterocycles. The highest BCUT2D eigenvalue weighted by atomic mass is 79.9. The molecule has 106 valence electrons. The molecular weight excluding hydrogens is 342 g/mol. The Morgan fingerprint density at radius 2 is 1.80 bits per heavy atom. The van der Waals surface area contributed by atoms with Crippen molar-refractivity contribution < 1.29 is 9.47 Å². The topological polar surface area (TPSA) is 30.5 Å². The molecule has 1 N–H and O–H groups in total. The lowest BCUT2D eigenvalue weighted by molar-refractivity contribution is 0.354. The Kier molecular flexibility index (Phi) is 5.15. The van der Waals surface area contributed by atoms with Crippen LogP contribution >= 0.6 is 27.5 Å². The quantitative estimate of drug-likeness (QED) is 0.840. The lowest BCUT2D eigenvalue weighted by Gasteiger charge is -2.11. The molecule has 0 radical (unpaired) electrons. The number of anilines is 1. The van der Waals surface area contributed by atoms with Gasteiger partial charge < -0.3 is 14.8 Å². The Bertz CT molecular complexity index is 604. The average Bonchev–Trinajstić information content (AvgIpc) is 2.48. The lowest BCUT2D eigenvalue weighted by Crippen LogP contribution is -2.00. The first-order valence-electron chi connectivity index (χ1n) is 6.04. The van der Waals surface area contributed by atoms with E-state index >= 15 is 0 Å². The van der Waals surface area contributed by atoms with Crippen LogP contribution in [0.3, 0.4) is 0 Å². The van der Waals surface area contributed by atoms with Crippen LogP contribution in [-0.4, -0.2) is 14.2 Å². The Morgan fingerprint density at radius 3 is 2.45 bits per heavy atom. The molecule has 20 heavy (non-hydrogen) atoms. The minimum absolute atomic E-state index is 0.689. The fourth-order valence-corrected chi connectivity index (χ4v) is 2.30. The van der Waals surface area contributed by atoms with Crippen molar-refractivity contribution in [2.75, 3.05) is 19.5 Å². The maximum atomic E-state index is 5.97. The van der Waals surface area contributed by atoms with Crippen LogP contribution in [0.5, 0.6) is 11.5 Å². The summed E-state index contributed by atoms with van der Waals surface area (Å²) in [5, 5.41) is 4.03. The van der Waals surface area contributed by atoms with Gasteiger partial charge in [-0.3, -0.25) is 0 Å². The fourth-order valence-electron chi connectivity index (χ4n) is 1.80. The smallest absolute Gasteiger partial charge is 0.161 e. The molecule has 3 nitrogen and oxygen atoms in total. The third-order valence-electron chi connectivity index (χ3n) is 2.86. The monoisotopic (exact) mass is 355 g/mol. The summed E-state index contributed by atoms with van der Waals surface area (Å²) in [6.07, 6.45) is 0. The number of hydrogen-bond acceptors (Lipinski definition) is 3. The van der Waals surface area contributed by atoms with Crippen molar-refractivity contribution in [3.63, 3.8) is 0 Å². The molecular formula is C15H15BrClNO2. The Labute approximate surface area is 132 Å². The van der Waals surface area contributed by atoms with E-state index in [4.69, 9.17) is 21.1 Å².